The highest BCUT2D eigenvalue weighted by Gasteiger charge is 2.17. The topological polar surface area (TPSA) is 82.3 Å². The molecule has 0 N–H and O–H groups in total. The zero-order valence-corrected chi connectivity index (χ0v) is 14.2. The van der Waals surface area contributed by atoms with Gasteiger partial charge in [-0.2, -0.15) is 0 Å². The summed E-state index contributed by atoms with van der Waals surface area (Å²) in [5.74, 6) is -0.449. The lowest BCUT2D eigenvalue weighted by atomic mass is 10.2. The maximum absolute atomic E-state index is 12.3. The van der Waals surface area contributed by atoms with E-state index in [1.807, 2.05) is 30.3 Å². The summed E-state index contributed by atoms with van der Waals surface area (Å²) in [5, 5.41) is 11.4. The summed E-state index contributed by atoms with van der Waals surface area (Å²) >= 11 is 1.29. The fourth-order valence-corrected chi connectivity index (χ4v) is 3.18. The van der Waals surface area contributed by atoms with Crippen molar-refractivity contribution in [3.05, 3.63) is 80.8 Å². The van der Waals surface area contributed by atoms with Gasteiger partial charge in [0, 0.05) is 17.7 Å². The van der Waals surface area contributed by atoms with Crippen LogP contribution in [0.15, 0.2) is 54.6 Å². The van der Waals surface area contributed by atoms with Gasteiger partial charge in [-0.05, 0) is 24.6 Å². The molecule has 0 aliphatic rings. The predicted molar refractivity (Wildman–Crippen MR) is 94.5 cm³/mol. The number of hydrogen-bond acceptors (Lipinski definition) is 6. The minimum Gasteiger partial charge on any atom is -0.457 e. The SMILES string of the molecule is Cc1nc(-c2ccccc2)sc1C(=O)OCc1ccc([N+](=O)[O-])cc1. The van der Waals surface area contributed by atoms with E-state index in [2.05, 4.69) is 4.98 Å². The maximum atomic E-state index is 12.3. The van der Waals surface area contributed by atoms with Crippen LogP contribution in [0.5, 0.6) is 0 Å². The van der Waals surface area contributed by atoms with Gasteiger partial charge in [0.2, 0.25) is 0 Å². The molecule has 0 saturated carbocycles. The Bertz CT molecular complexity index is 905. The van der Waals surface area contributed by atoms with E-state index < -0.39 is 10.9 Å². The minimum absolute atomic E-state index is 0.000815. The van der Waals surface area contributed by atoms with E-state index in [1.165, 1.54) is 23.5 Å². The number of esters is 1. The van der Waals surface area contributed by atoms with Gasteiger partial charge in [0.1, 0.15) is 16.5 Å². The molecule has 0 spiro atoms. The van der Waals surface area contributed by atoms with Crippen molar-refractivity contribution in [2.75, 3.05) is 0 Å². The second-order valence-electron chi connectivity index (χ2n) is 5.30. The lowest BCUT2D eigenvalue weighted by Crippen LogP contribution is -2.04. The van der Waals surface area contributed by atoms with Crippen LogP contribution >= 0.6 is 11.3 Å². The first-order valence-corrected chi connectivity index (χ1v) is 8.29. The van der Waals surface area contributed by atoms with Gasteiger partial charge < -0.3 is 4.74 Å². The van der Waals surface area contributed by atoms with Crippen LogP contribution in [0.2, 0.25) is 0 Å². The highest BCUT2D eigenvalue weighted by Crippen LogP contribution is 2.28. The molecule has 0 unspecified atom stereocenters. The smallest absolute Gasteiger partial charge is 0.350 e. The van der Waals surface area contributed by atoms with Crippen molar-refractivity contribution in [3.8, 4) is 10.6 Å². The number of nitrogens with zero attached hydrogens (tertiary/aromatic N) is 2. The van der Waals surface area contributed by atoms with E-state index in [0.717, 1.165) is 10.6 Å². The van der Waals surface area contributed by atoms with Crippen molar-refractivity contribution in [1.82, 2.24) is 4.98 Å². The van der Waals surface area contributed by atoms with Crippen LogP contribution in [0.1, 0.15) is 20.9 Å². The molecular weight excluding hydrogens is 340 g/mol. The Morgan fingerprint density at radius 3 is 2.48 bits per heavy atom. The van der Waals surface area contributed by atoms with Crippen LogP contribution in [-0.4, -0.2) is 15.9 Å². The van der Waals surface area contributed by atoms with Gasteiger partial charge in [-0.1, -0.05) is 30.3 Å². The Morgan fingerprint density at radius 2 is 1.84 bits per heavy atom. The molecule has 0 atom stereocenters. The van der Waals surface area contributed by atoms with Gasteiger partial charge in [-0.3, -0.25) is 10.1 Å². The Kier molecular flexibility index (Phi) is 4.85. The third kappa shape index (κ3) is 3.89. The molecule has 0 bridgehead atoms. The predicted octanol–water partition coefficient (Wildman–Crippen LogP) is 4.38. The highest BCUT2D eigenvalue weighted by molar-refractivity contribution is 7.17. The molecule has 25 heavy (non-hydrogen) atoms. The van der Waals surface area contributed by atoms with Crippen LogP contribution in [0.4, 0.5) is 5.69 Å². The number of benzene rings is 2. The second-order valence-corrected chi connectivity index (χ2v) is 6.30. The van der Waals surface area contributed by atoms with Crippen molar-refractivity contribution in [3.63, 3.8) is 0 Å². The standard InChI is InChI=1S/C18H14N2O4S/c1-12-16(25-17(19-12)14-5-3-2-4-6-14)18(21)24-11-13-7-9-15(10-8-13)20(22)23/h2-10H,11H2,1H3. The van der Waals surface area contributed by atoms with Gasteiger partial charge in [0.05, 0.1) is 10.6 Å². The first kappa shape index (κ1) is 16.8. The van der Waals surface area contributed by atoms with Crippen LogP contribution in [0.25, 0.3) is 10.6 Å². The number of nitro benzene ring substituents is 1. The molecule has 0 aliphatic carbocycles. The molecule has 6 nitrogen and oxygen atoms in total. The number of aromatic nitrogens is 1. The Hall–Kier alpha value is -3.06. The summed E-state index contributed by atoms with van der Waals surface area (Å²) in [7, 11) is 0. The normalized spacial score (nSPS) is 10.4. The lowest BCUT2D eigenvalue weighted by Gasteiger charge is -2.03. The number of hydrogen-bond donors (Lipinski definition) is 0. The van der Waals surface area contributed by atoms with Crippen LogP contribution in [0.3, 0.4) is 0 Å². The molecule has 0 amide bonds. The number of carbonyl (C=O) groups is 1. The summed E-state index contributed by atoms with van der Waals surface area (Å²) in [5.41, 5.74) is 2.26. The summed E-state index contributed by atoms with van der Waals surface area (Å²) in [6.07, 6.45) is 0. The fourth-order valence-electron chi connectivity index (χ4n) is 2.22. The molecule has 3 rings (SSSR count). The number of ether oxygens (including phenoxy) is 1. The molecule has 7 heteroatoms. The van der Waals surface area contributed by atoms with Crippen molar-refractivity contribution in [1.29, 1.82) is 0 Å². The summed E-state index contributed by atoms with van der Waals surface area (Å²) in [6, 6.07) is 15.5. The van der Waals surface area contributed by atoms with Gasteiger partial charge in [0.15, 0.2) is 0 Å². The van der Waals surface area contributed by atoms with Crippen molar-refractivity contribution < 1.29 is 14.5 Å². The Morgan fingerprint density at radius 1 is 1.16 bits per heavy atom. The van der Waals surface area contributed by atoms with Crippen LogP contribution < -0.4 is 0 Å². The van der Waals surface area contributed by atoms with Gasteiger partial charge in [-0.25, -0.2) is 9.78 Å². The fraction of sp³-hybridized carbons (Fsp3) is 0.111. The molecular formula is C18H14N2O4S. The van der Waals surface area contributed by atoms with E-state index in [0.29, 0.717) is 16.1 Å². The molecule has 0 aliphatic heterocycles. The maximum Gasteiger partial charge on any atom is 0.350 e. The van der Waals surface area contributed by atoms with E-state index in [9.17, 15) is 14.9 Å². The van der Waals surface area contributed by atoms with Gasteiger partial charge >= 0.3 is 5.97 Å². The van der Waals surface area contributed by atoms with Gasteiger partial charge in [-0.15, -0.1) is 11.3 Å². The monoisotopic (exact) mass is 354 g/mol. The Labute approximate surface area is 147 Å². The number of carbonyl (C=O) groups excluding carboxylic acids is 1. The molecule has 0 saturated heterocycles. The number of aryl methyl sites for hydroxylation is 1. The van der Waals surface area contributed by atoms with Crippen molar-refractivity contribution in [2.45, 2.75) is 13.5 Å². The summed E-state index contributed by atoms with van der Waals surface area (Å²) in [6.45, 7) is 1.82. The van der Waals surface area contributed by atoms with E-state index in [-0.39, 0.29) is 12.3 Å². The number of nitro groups is 1. The summed E-state index contributed by atoms with van der Waals surface area (Å²) in [4.78, 5) is 27.4. The van der Waals surface area contributed by atoms with E-state index in [1.54, 1.807) is 19.1 Å². The van der Waals surface area contributed by atoms with Gasteiger partial charge in [0.25, 0.3) is 5.69 Å². The molecule has 1 aromatic heterocycles. The Balaban J connectivity index is 1.69. The lowest BCUT2D eigenvalue weighted by molar-refractivity contribution is -0.384. The van der Waals surface area contributed by atoms with E-state index >= 15 is 0 Å². The zero-order valence-electron chi connectivity index (χ0n) is 13.3. The average Bonchev–Trinajstić information content (AvgIpc) is 3.02. The zero-order chi connectivity index (χ0) is 17.8. The quantitative estimate of drug-likeness (QED) is 0.386. The van der Waals surface area contributed by atoms with Crippen molar-refractivity contribution >= 4 is 23.0 Å². The largest absolute Gasteiger partial charge is 0.457 e. The first-order valence-electron chi connectivity index (χ1n) is 7.48. The molecule has 1 heterocycles. The molecule has 0 radical (unpaired) electrons. The third-order valence-corrected chi connectivity index (χ3v) is 4.71. The van der Waals surface area contributed by atoms with Crippen LogP contribution in [0, 0.1) is 17.0 Å². The highest BCUT2D eigenvalue weighted by atomic mass is 32.1. The number of non-ortho nitro benzene ring substituents is 1. The van der Waals surface area contributed by atoms with E-state index in [4.69, 9.17) is 4.74 Å². The molecule has 0 fully saturated rings. The molecule has 126 valence electrons. The third-order valence-electron chi connectivity index (χ3n) is 3.52. The molecule has 2 aromatic carbocycles. The van der Waals surface area contributed by atoms with Crippen LogP contribution in [-0.2, 0) is 11.3 Å². The number of thiazole rings is 1. The summed E-state index contributed by atoms with van der Waals surface area (Å²) < 4.78 is 5.31. The average molecular weight is 354 g/mol. The first-order chi connectivity index (χ1) is 12.0. The molecule has 3 aromatic rings. The second kappa shape index (κ2) is 7.23. The van der Waals surface area contributed by atoms with Crippen molar-refractivity contribution in [2.24, 2.45) is 0 Å². The minimum atomic E-state index is -0.471. The number of rotatable bonds is 5.